The van der Waals surface area contributed by atoms with Gasteiger partial charge in [-0.3, -0.25) is 9.59 Å². The van der Waals surface area contributed by atoms with Gasteiger partial charge in [-0.05, 0) is 18.1 Å². The number of rotatable bonds is 3. The van der Waals surface area contributed by atoms with E-state index < -0.39 is 11.8 Å². The molecule has 2 amide bonds. The average Bonchev–Trinajstić information content (AvgIpc) is 2.69. The van der Waals surface area contributed by atoms with Gasteiger partial charge >= 0.3 is 11.8 Å². The van der Waals surface area contributed by atoms with Crippen LogP contribution >= 0.6 is 0 Å². The van der Waals surface area contributed by atoms with E-state index in [9.17, 15) is 9.59 Å². The first-order valence-electron chi connectivity index (χ1n) is 4.25. The van der Waals surface area contributed by atoms with Gasteiger partial charge in [-0.15, -0.1) is 0 Å². The molecule has 0 unspecified atom stereocenters. The molecule has 5 heteroatoms. The molecule has 0 fully saturated rings. The molecular formula is C9H12N2O3. The van der Waals surface area contributed by atoms with Gasteiger partial charge < -0.3 is 15.1 Å². The van der Waals surface area contributed by atoms with E-state index in [4.69, 9.17) is 4.42 Å². The first-order chi connectivity index (χ1) is 6.74. The Bertz CT molecular complexity index is 306. The molecule has 0 aromatic carbocycles. The summed E-state index contributed by atoms with van der Waals surface area (Å²) in [5, 5.41) is 4.72. The van der Waals surface area contributed by atoms with Gasteiger partial charge in [0.25, 0.3) is 0 Å². The van der Waals surface area contributed by atoms with E-state index in [1.54, 1.807) is 12.5 Å². The predicted octanol–water partition coefficient (Wildman–Crippen LogP) is -0.316. The highest BCUT2D eigenvalue weighted by Gasteiger charge is 2.09. The lowest BCUT2D eigenvalue weighted by Gasteiger charge is -2.01. The van der Waals surface area contributed by atoms with Crippen LogP contribution in [0.25, 0.3) is 0 Å². The Morgan fingerprint density at radius 1 is 1.43 bits per heavy atom. The molecule has 0 aliphatic heterocycles. The summed E-state index contributed by atoms with van der Waals surface area (Å²) in [6.45, 7) is 0.422. The minimum Gasteiger partial charge on any atom is -0.472 e. The summed E-state index contributed by atoms with van der Waals surface area (Å²) in [6.07, 6.45) is 3.82. The summed E-state index contributed by atoms with van der Waals surface area (Å²) >= 11 is 0. The van der Waals surface area contributed by atoms with Crippen LogP contribution in [0, 0.1) is 0 Å². The Labute approximate surface area is 81.5 Å². The Morgan fingerprint density at radius 2 is 2.21 bits per heavy atom. The number of carbonyl (C=O) groups excluding carboxylic acids is 2. The second kappa shape index (κ2) is 5.06. The number of nitrogens with one attached hydrogen (secondary N) is 2. The van der Waals surface area contributed by atoms with Crippen LogP contribution in [-0.4, -0.2) is 25.4 Å². The standard InChI is InChI=1S/C9H12N2O3/c1-10-8(12)9(13)11-4-2-7-3-5-14-6-7/h3,5-6H,2,4H2,1H3,(H,10,12)(H,11,13). The minimum absolute atomic E-state index is 0.422. The molecular weight excluding hydrogens is 184 g/mol. The zero-order valence-corrected chi connectivity index (χ0v) is 7.87. The Kier molecular flexibility index (Phi) is 3.72. The van der Waals surface area contributed by atoms with Crippen molar-refractivity contribution in [3.05, 3.63) is 24.2 Å². The van der Waals surface area contributed by atoms with Crippen molar-refractivity contribution in [2.75, 3.05) is 13.6 Å². The van der Waals surface area contributed by atoms with Crippen LogP contribution in [0.1, 0.15) is 5.56 Å². The Balaban J connectivity index is 2.22. The molecule has 0 saturated heterocycles. The van der Waals surface area contributed by atoms with E-state index >= 15 is 0 Å². The molecule has 14 heavy (non-hydrogen) atoms. The molecule has 0 aliphatic carbocycles. The van der Waals surface area contributed by atoms with Gasteiger partial charge in [-0.2, -0.15) is 0 Å². The first kappa shape index (κ1) is 10.3. The summed E-state index contributed by atoms with van der Waals surface area (Å²) in [7, 11) is 1.41. The molecule has 1 aromatic rings. The van der Waals surface area contributed by atoms with Gasteiger partial charge in [0.1, 0.15) is 0 Å². The van der Waals surface area contributed by atoms with Crippen LogP contribution in [0.4, 0.5) is 0 Å². The first-order valence-corrected chi connectivity index (χ1v) is 4.25. The van der Waals surface area contributed by atoms with Crippen molar-refractivity contribution < 1.29 is 14.0 Å². The smallest absolute Gasteiger partial charge is 0.309 e. The van der Waals surface area contributed by atoms with E-state index in [0.717, 1.165) is 5.56 Å². The number of hydrogen-bond donors (Lipinski definition) is 2. The van der Waals surface area contributed by atoms with Crippen molar-refractivity contribution >= 4 is 11.8 Å². The number of likely N-dealkylation sites (N-methyl/N-ethyl adjacent to an activating group) is 1. The maximum atomic E-state index is 11.0. The van der Waals surface area contributed by atoms with E-state index in [1.807, 2.05) is 6.07 Å². The monoisotopic (exact) mass is 196 g/mol. The third-order valence-corrected chi connectivity index (χ3v) is 1.71. The van der Waals surface area contributed by atoms with Gasteiger partial charge in [-0.25, -0.2) is 0 Å². The van der Waals surface area contributed by atoms with Gasteiger partial charge in [0.2, 0.25) is 0 Å². The molecule has 1 aromatic heterocycles. The fourth-order valence-corrected chi connectivity index (χ4v) is 0.949. The molecule has 1 rings (SSSR count). The van der Waals surface area contributed by atoms with Crippen LogP contribution in [0.2, 0.25) is 0 Å². The van der Waals surface area contributed by atoms with Crippen LogP contribution in [-0.2, 0) is 16.0 Å². The lowest BCUT2D eigenvalue weighted by molar-refractivity contribution is -0.138. The molecule has 0 aliphatic rings. The van der Waals surface area contributed by atoms with Crippen LogP contribution in [0.15, 0.2) is 23.0 Å². The number of amides is 2. The maximum absolute atomic E-state index is 11.0. The Hall–Kier alpha value is -1.78. The fraction of sp³-hybridized carbons (Fsp3) is 0.333. The molecule has 76 valence electrons. The zero-order chi connectivity index (χ0) is 10.4. The molecule has 0 radical (unpaired) electrons. The van der Waals surface area contributed by atoms with Crippen LogP contribution in [0.5, 0.6) is 0 Å². The van der Waals surface area contributed by atoms with Crippen LogP contribution in [0.3, 0.4) is 0 Å². The summed E-state index contributed by atoms with van der Waals surface area (Å²) < 4.78 is 4.85. The number of carbonyl (C=O) groups is 2. The topological polar surface area (TPSA) is 71.3 Å². The molecule has 0 spiro atoms. The van der Waals surface area contributed by atoms with Crippen molar-refractivity contribution in [1.29, 1.82) is 0 Å². The summed E-state index contributed by atoms with van der Waals surface area (Å²) in [5.74, 6) is -1.24. The summed E-state index contributed by atoms with van der Waals surface area (Å²) in [5.41, 5.74) is 0.988. The molecule has 0 saturated carbocycles. The normalized spacial score (nSPS) is 9.50. The van der Waals surface area contributed by atoms with Gasteiger partial charge in [0.05, 0.1) is 12.5 Å². The van der Waals surface area contributed by atoms with Crippen molar-refractivity contribution in [1.82, 2.24) is 10.6 Å². The van der Waals surface area contributed by atoms with Gasteiger partial charge in [0, 0.05) is 13.6 Å². The maximum Gasteiger partial charge on any atom is 0.309 e. The second-order valence-corrected chi connectivity index (χ2v) is 2.72. The number of furan rings is 1. The molecule has 1 heterocycles. The van der Waals surface area contributed by atoms with Gasteiger partial charge in [-0.1, -0.05) is 0 Å². The zero-order valence-electron chi connectivity index (χ0n) is 7.87. The van der Waals surface area contributed by atoms with Crippen molar-refractivity contribution in [3.63, 3.8) is 0 Å². The Morgan fingerprint density at radius 3 is 2.79 bits per heavy atom. The average molecular weight is 196 g/mol. The molecule has 0 atom stereocenters. The highest BCUT2D eigenvalue weighted by atomic mass is 16.3. The summed E-state index contributed by atoms with van der Waals surface area (Å²) in [4.78, 5) is 21.7. The SMILES string of the molecule is CNC(=O)C(=O)NCCc1ccoc1. The fourth-order valence-electron chi connectivity index (χ4n) is 0.949. The summed E-state index contributed by atoms with van der Waals surface area (Å²) in [6, 6.07) is 1.81. The molecule has 2 N–H and O–H groups in total. The number of hydrogen-bond acceptors (Lipinski definition) is 3. The van der Waals surface area contributed by atoms with Crippen molar-refractivity contribution in [3.8, 4) is 0 Å². The third kappa shape index (κ3) is 2.93. The second-order valence-electron chi connectivity index (χ2n) is 2.72. The van der Waals surface area contributed by atoms with E-state index in [2.05, 4.69) is 10.6 Å². The molecule has 5 nitrogen and oxygen atoms in total. The van der Waals surface area contributed by atoms with E-state index in [0.29, 0.717) is 13.0 Å². The van der Waals surface area contributed by atoms with Gasteiger partial charge in [0.15, 0.2) is 0 Å². The van der Waals surface area contributed by atoms with E-state index in [1.165, 1.54) is 7.05 Å². The predicted molar refractivity (Wildman–Crippen MR) is 49.5 cm³/mol. The molecule has 0 bridgehead atoms. The quantitative estimate of drug-likeness (QED) is 0.651. The van der Waals surface area contributed by atoms with Crippen LogP contribution < -0.4 is 10.6 Å². The van der Waals surface area contributed by atoms with E-state index in [-0.39, 0.29) is 0 Å². The van der Waals surface area contributed by atoms with Crippen molar-refractivity contribution in [2.45, 2.75) is 6.42 Å². The highest BCUT2D eigenvalue weighted by molar-refractivity contribution is 6.34. The lowest BCUT2D eigenvalue weighted by Crippen LogP contribution is -2.38. The highest BCUT2D eigenvalue weighted by Crippen LogP contribution is 1.99. The minimum atomic E-state index is -0.628. The lowest BCUT2D eigenvalue weighted by atomic mass is 10.2. The largest absolute Gasteiger partial charge is 0.472 e. The third-order valence-electron chi connectivity index (χ3n) is 1.71. The van der Waals surface area contributed by atoms with Crippen molar-refractivity contribution in [2.24, 2.45) is 0 Å².